The van der Waals surface area contributed by atoms with Crippen LogP contribution in [-0.4, -0.2) is 18.5 Å². The minimum Gasteiger partial charge on any atom is -0.462 e. The van der Waals surface area contributed by atoms with Gasteiger partial charge in [0.1, 0.15) is 5.00 Å². The Hall–Kier alpha value is -1.36. The molecule has 2 rings (SSSR count). The summed E-state index contributed by atoms with van der Waals surface area (Å²) in [5.41, 5.74) is 1.41. The lowest BCUT2D eigenvalue weighted by Gasteiger charge is -2.10. The van der Waals surface area contributed by atoms with Gasteiger partial charge in [0.25, 0.3) is 0 Å². The quantitative estimate of drug-likeness (QED) is 0.834. The van der Waals surface area contributed by atoms with E-state index < -0.39 is 0 Å². The van der Waals surface area contributed by atoms with E-state index in [1.54, 1.807) is 6.92 Å². The van der Waals surface area contributed by atoms with Crippen molar-refractivity contribution >= 4 is 28.2 Å². The summed E-state index contributed by atoms with van der Waals surface area (Å²) in [6, 6.07) is 0. The monoisotopic (exact) mass is 309 g/mol. The first-order valence-electron chi connectivity index (χ1n) is 7.59. The molecule has 5 heteroatoms. The molecule has 1 fully saturated rings. The van der Waals surface area contributed by atoms with Crippen LogP contribution in [0.25, 0.3) is 0 Å². The lowest BCUT2D eigenvalue weighted by Crippen LogP contribution is -2.17. The number of carbonyl (C=O) groups excluding carboxylic acids is 2. The molecule has 0 atom stereocenters. The zero-order valence-electron chi connectivity index (χ0n) is 13.0. The van der Waals surface area contributed by atoms with Gasteiger partial charge in [0.2, 0.25) is 5.91 Å². The van der Waals surface area contributed by atoms with Gasteiger partial charge in [-0.15, -0.1) is 11.3 Å². The molecule has 116 valence electrons. The van der Waals surface area contributed by atoms with Crippen molar-refractivity contribution in [2.75, 3.05) is 11.9 Å². The van der Waals surface area contributed by atoms with Crippen molar-refractivity contribution in [3.05, 3.63) is 16.0 Å². The van der Waals surface area contributed by atoms with Crippen molar-refractivity contribution in [3.8, 4) is 0 Å². The van der Waals surface area contributed by atoms with Crippen LogP contribution in [0.3, 0.4) is 0 Å². The number of hydrogen-bond acceptors (Lipinski definition) is 4. The van der Waals surface area contributed by atoms with Crippen LogP contribution in [0.15, 0.2) is 0 Å². The van der Waals surface area contributed by atoms with Gasteiger partial charge in [-0.1, -0.05) is 12.8 Å². The largest absolute Gasteiger partial charge is 0.462 e. The van der Waals surface area contributed by atoms with Crippen molar-refractivity contribution in [2.24, 2.45) is 5.92 Å². The minimum absolute atomic E-state index is 0.00805. The van der Waals surface area contributed by atoms with E-state index in [9.17, 15) is 9.59 Å². The fraction of sp³-hybridized carbons (Fsp3) is 0.625. The topological polar surface area (TPSA) is 55.4 Å². The van der Waals surface area contributed by atoms with Crippen LogP contribution in [0, 0.1) is 19.8 Å². The fourth-order valence-electron chi connectivity index (χ4n) is 2.82. The molecule has 1 saturated carbocycles. The Labute approximate surface area is 129 Å². The number of carbonyl (C=O) groups is 2. The highest BCUT2D eigenvalue weighted by Gasteiger charge is 2.24. The molecule has 1 aromatic rings. The Morgan fingerprint density at radius 3 is 2.57 bits per heavy atom. The van der Waals surface area contributed by atoms with Crippen molar-refractivity contribution in [1.29, 1.82) is 0 Å². The van der Waals surface area contributed by atoms with E-state index in [1.165, 1.54) is 24.2 Å². The maximum atomic E-state index is 12.2. The number of aryl methyl sites for hydroxylation is 1. The molecule has 1 aliphatic rings. The molecule has 0 aromatic carbocycles. The average Bonchev–Trinajstić information content (AvgIpc) is 2.99. The molecule has 1 amide bonds. The summed E-state index contributed by atoms with van der Waals surface area (Å²) >= 11 is 1.45. The van der Waals surface area contributed by atoms with Crippen molar-refractivity contribution in [1.82, 2.24) is 0 Å². The van der Waals surface area contributed by atoms with E-state index in [0.29, 0.717) is 29.5 Å². The third-order valence-corrected chi connectivity index (χ3v) is 5.19. The predicted molar refractivity (Wildman–Crippen MR) is 85.0 cm³/mol. The van der Waals surface area contributed by atoms with E-state index in [0.717, 1.165) is 23.3 Å². The summed E-state index contributed by atoms with van der Waals surface area (Å²) in [6.45, 7) is 5.97. The van der Waals surface area contributed by atoms with E-state index in [2.05, 4.69) is 5.32 Å². The number of ether oxygens (including phenoxy) is 1. The van der Waals surface area contributed by atoms with Gasteiger partial charge in [0.15, 0.2) is 0 Å². The normalized spacial score (nSPS) is 15.2. The first-order valence-corrected chi connectivity index (χ1v) is 8.41. The van der Waals surface area contributed by atoms with Crippen LogP contribution in [0.5, 0.6) is 0 Å². The molecule has 0 unspecified atom stereocenters. The second-order valence-corrected chi connectivity index (χ2v) is 6.84. The van der Waals surface area contributed by atoms with Crippen molar-refractivity contribution in [2.45, 2.75) is 52.9 Å². The van der Waals surface area contributed by atoms with E-state index in [1.807, 2.05) is 13.8 Å². The fourth-order valence-corrected chi connectivity index (χ4v) is 3.88. The number of rotatable bonds is 5. The second kappa shape index (κ2) is 7.07. The lowest BCUT2D eigenvalue weighted by atomic mass is 10.0. The van der Waals surface area contributed by atoms with Crippen LogP contribution in [0.1, 0.15) is 59.8 Å². The van der Waals surface area contributed by atoms with Gasteiger partial charge < -0.3 is 10.1 Å². The smallest absolute Gasteiger partial charge is 0.341 e. The maximum Gasteiger partial charge on any atom is 0.341 e. The van der Waals surface area contributed by atoms with Crippen LogP contribution in [0.4, 0.5) is 5.00 Å². The molecule has 1 aliphatic carbocycles. The molecule has 1 N–H and O–H groups in total. The molecular weight excluding hydrogens is 286 g/mol. The van der Waals surface area contributed by atoms with Gasteiger partial charge in [0, 0.05) is 11.3 Å². The van der Waals surface area contributed by atoms with Crippen molar-refractivity contribution < 1.29 is 14.3 Å². The summed E-state index contributed by atoms with van der Waals surface area (Å²) in [5, 5.41) is 3.55. The number of hydrogen-bond donors (Lipinski definition) is 1. The molecule has 1 aromatic heterocycles. The van der Waals surface area contributed by atoms with E-state index in [-0.39, 0.29) is 11.9 Å². The highest BCUT2D eigenvalue weighted by atomic mass is 32.1. The molecule has 0 spiro atoms. The molecule has 4 nitrogen and oxygen atoms in total. The summed E-state index contributed by atoms with van der Waals surface area (Å²) in [6.07, 6.45) is 5.28. The number of esters is 1. The molecular formula is C16H23NO3S. The van der Waals surface area contributed by atoms with Gasteiger partial charge in [-0.25, -0.2) is 4.79 Å². The summed E-state index contributed by atoms with van der Waals surface area (Å²) in [7, 11) is 0. The second-order valence-electron chi connectivity index (χ2n) is 5.61. The zero-order valence-corrected chi connectivity index (χ0v) is 13.8. The highest BCUT2D eigenvalue weighted by Crippen LogP contribution is 2.34. The van der Waals surface area contributed by atoms with E-state index in [4.69, 9.17) is 4.74 Å². The number of nitrogens with one attached hydrogen (secondary N) is 1. The zero-order chi connectivity index (χ0) is 15.4. The van der Waals surface area contributed by atoms with Crippen LogP contribution in [-0.2, 0) is 9.53 Å². The van der Waals surface area contributed by atoms with Crippen LogP contribution < -0.4 is 5.32 Å². The Bertz CT molecular complexity index is 530. The number of amides is 1. The predicted octanol–water partition coefficient (Wildman–Crippen LogP) is 4.06. The van der Waals surface area contributed by atoms with Gasteiger partial charge in [0.05, 0.1) is 12.2 Å². The minimum atomic E-state index is -0.351. The van der Waals surface area contributed by atoms with Gasteiger partial charge in [-0.2, -0.15) is 0 Å². The van der Waals surface area contributed by atoms with Gasteiger partial charge in [-0.3, -0.25) is 4.79 Å². The molecule has 0 bridgehead atoms. The first-order chi connectivity index (χ1) is 10.0. The molecule has 21 heavy (non-hydrogen) atoms. The van der Waals surface area contributed by atoms with Gasteiger partial charge >= 0.3 is 5.97 Å². The summed E-state index contributed by atoms with van der Waals surface area (Å²) < 4.78 is 5.09. The summed E-state index contributed by atoms with van der Waals surface area (Å²) in [5.74, 6) is 0.155. The Morgan fingerprint density at radius 2 is 1.95 bits per heavy atom. The number of anilines is 1. The number of thiophene rings is 1. The average molecular weight is 309 g/mol. The lowest BCUT2D eigenvalue weighted by molar-refractivity contribution is -0.117. The highest BCUT2D eigenvalue weighted by molar-refractivity contribution is 7.16. The summed E-state index contributed by atoms with van der Waals surface area (Å²) in [4.78, 5) is 25.3. The van der Waals surface area contributed by atoms with E-state index >= 15 is 0 Å². The molecule has 0 aliphatic heterocycles. The Morgan fingerprint density at radius 1 is 1.29 bits per heavy atom. The maximum absolute atomic E-state index is 12.2. The first kappa shape index (κ1) is 16.0. The van der Waals surface area contributed by atoms with Crippen LogP contribution in [0.2, 0.25) is 0 Å². The Kier molecular flexibility index (Phi) is 5.39. The molecule has 1 heterocycles. The third-order valence-electron chi connectivity index (χ3n) is 4.07. The SMILES string of the molecule is CCOC(=O)c1c(NC(=O)CC2CCCC2)sc(C)c1C. The van der Waals surface area contributed by atoms with Crippen LogP contribution >= 0.6 is 11.3 Å². The standard InChI is InChI=1S/C16H23NO3S/c1-4-20-16(19)14-10(2)11(3)21-15(14)17-13(18)9-12-7-5-6-8-12/h12H,4-9H2,1-3H3,(H,17,18). The van der Waals surface area contributed by atoms with Gasteiger partial charge in [-0.05, 0) is 45.1 Å². The Balaban J connectivity index is 2.09. The third kappa shape index (κ3) is 3.84. The molecule has 0 saturated heterocycles. The van der Waals surface area contributed by atoms with Crippen molar-refractivity contribution in [3.63, 3.8) is 0 Å². The molecule has 0 radical (unpaired) electrons.